The molecule has 126 valence electrons. The number of nitriles is 1. The van der Waals surface area contributed by atoms with E-state index in [9.17, 15) is 4.79 Å². The average molecular weight is 414 g/mol. The lowest BCUT2D eigenvalue weighted by atomic mass is 10.2. The summed E-state index contributed by atoms with van der Waals surface area (Å²) in [5.74, 6) is 0.644. The first kappa shape index (κ1) is 18.2. The lowest BCUT2D eigenvalue weighted by Crippen LogP contribution is -2.45. The number of hydrogen-bond acceptors (Lipinski definition) is 7. The van der Waals surface area contributed by atoms with Crippen molar-refractivity contribution < 1.29 is 9.32 Å². The van der Waals surface area contributed by atoms with Gasteiger partial charge in [0.25, 0.3) is 5.91 Å². The van der Waals surface area contributed by atoms with Gasteiger partial charge in [-0.2, -0.15) is 10.2 Å². The van der Waals surface area contributed by atoms with Crippen molar-refractivity contribution in [1.29, 1.82) is 5.26 Å². The number of aromatic nitrogens is 3. The number of rotatable bonds is 6. The highest BCUT2D eigenvalue weighted by Gasteiger charge is 2.20. The van der Waals surface area contributed by atoms with Gasteiger partial charge in [0.2, 0.25) is 5.82 Å². The molecule has 0 fully saturated rings. The second-order valence-corrected chi connectivity index (χ2v) is 6.36. The third-order valence-corrected chi connectivity index (χ3v) is 3.61. The topological polar surface area (TPSA) is 108 Å². The van der Waals surface area contributed by atoms with Gasteiger partial charge >= 0.3 is 0 Å². The molecule has 0 saturated heterocycles. The fourth-order valence-electron chi connectivity index (χ4n) is 1.81. The van der Waals surface area contributed by atoms with Crippen LogP contribution < -0.4 is 10.4 Å². The zero-order valence-electron chi connectivity index (χ0n) is 13.0. The van der Waals surface area contributed by atoms with E-state index in [1.165, 1.54) is 17.3 Å². The number of carbonyl (C=O) groups excluding carboxylic acids is 1. The standard InChI is InChI=1S/C14H14BrClN6O2/c1-8(2)7-22(13-10(15)6-18-12(5-17)19-13)20-14(23)11-3-9(4-16)24-21-11/h3,6,8H,4,7H2,1-2H3,(H,20,23). The van der Waals surface area contributed by atoms with Crippen LogP contribution in [-0.4, -0.2) is 27.6 Å². The first-order valence-electron chi connectivity index (χ1n) is 6.97. The number of hydrazine groups is 1. The SMILES string of the molecule is CC(C)CN(NC(=O)c1cc(CCl)on1)c1nc(C#N)ncc1Br. The van der Waals surface area contributed by atoms with Crippen molar-refractivity contribution in [3.63, 3.8) is 0 Å². The van der Waals surface area contributed by atoms with Crippen molar-refractivity contribution in [1.82, 2.24) is 20.6 Å². The molecule has 0 aliphatic carbocycles. The molecule has 0 saturated carbocycles. The molecule has 2 rings (SSSR count). The summed E-state index contributed by atoms with van der Waals surface area (Å²) >= 11 is 8.97. The molecule has 2 aromatic heterocycles. The van der Waals surface area contributed by atoms with E-state index in [0.717, 1.165) is 0 Å². The highest BCUT2D eigenvalue weighted by Crippen LogP contribution is 2.23. The second kappa shape index (κ2) is 8.08. The van der Waals surface area contributed by atoms with Gasteiger partial charge in [0.1, 0.15) is 6.07 Å². The molecule has 10 heteroatoms. The van der Waals surface area contributed by atoms with E-state index >= 15 is 0 Å². The van der Waals surface area contributed by atoms with Crippen molar-refractivity contribution in [3.8, 4) is 6.07 Å². The van der Waals surface area contributed by atoms with E-state index in [2.05, 4.69) is 36.5 Å². The quantitative estimate of drug-likeness (QED) is 0.573. The van der Waals surface area contributed by atoms with Crippen molar-refractivity contribution in [3.05, 3.63) is 34.0 Å². The summed E-state index contributed by atoms with van der Waals surface area (Å²) in [6.07, 6.45) is 1.46. The molecule has 8 nitrogen and oxygen atoms in total. The number of alkyl halides is 1. The summed E-state index contributed by atoms with van der Waals surface area (Å²) in [5, 5.41) is 14.2. The summed E-state index contributed by atoms with van der Waals surface area (Å²) in [4.78, 5) is 20.4. The monoisotopic (exact) mass is 412 g/mol. The molecule has 1 N–H and O–H groups in total. The predicted octanol–water partition coefficient (Wildman–Crippen LogP) is 2.64. The number of carbonyl (C=O) groups is 1. The van der Waals surface area contributed by atoms with Gasteiger partial charge in [0.05, 0.1) is 10.4 Å². The largest absolute Gasteiger partial charge is 0.359 e. The number of nitrogens with zero attached hydrogens (tertiary/aromatic N) is 5. The Morgan fingerprint density at radius 1 is 1.58 bits per heavy atom. The van der Waals surface area contributed by atoms with E-state index < -0.39 is 5.91 Å². The van der Waals surface area contributed by atoms with Crippen LogP contribution in [0.3, 0.4) is 0 Å². The molecule has 1 amide bonds. The predicted molar refractivity (Wildman–Crippen MR) is 90.2 cm³/mol. The van der Waals surface area contributed by atoms with E-state index in [0.29, 0.717) is 22.6 Å². The maximum Gasteiger partial charge on any atom is 0.292 e. The second-order valence-electron chi connectivity index (χ2n) is 5.23. The van der Waals surface area contributed by atoms with Crippen LogP contribution in [0.2, 0.25) is 0 Å². The minimum absolute atomic E-state index is 0.00191. The summed E-state index contributed by atoms with van der Waals surface area (Å²) in [6.45, 7) is 4.44. The maximum atomic E-state index is 12.4. The van der Waals surface area contributed by atoms with Gasteiger partial charge in [-0.1, -0.05) is 19.0 Å². The maximum absolute atomic E-state index is 12.4. The summed E-state index contributed by atoms with van der Waals surface area (Å²) < 4.78 is 5.47. The summed E-state index contributed by atoms with van der Waals surface area (Å²) in [6, 6.07) is 3.34. The zero-order chi connectivity index (χ0) is 17.7. The Labute approximate surface area is 151 Å². The zero-order valence-corrected chi connectivity index (χ0v) is 15.3. The normalized spacial score (nSPS) is 10.5. The third-order valence-electron chi connectivity index (χ3n) is 2.79. The van der Waals surface area contributed by atoms with Crippen LogP contribution in [0.25, 0.3) is 0 Å². The van der Waals surface area contributed by atoms with Gasteiger partial charge in [-0.3, -0.25) is 15.2 Å². The van der Waals surface area contributed by atoms with Crippen molar-refractivity contribution in [2.24, 2.45) is 5.92 Å². The fraction of sp³-hybridized carbons (Fsp3) is 0.357. The Kier molecular flexibility index (Phi) is 6.11. The first-order valence-corrected chi connectivity index (χ1v) is 8.30. The van der Waals surface area contributed by atoms with E-state index in [1.807, 2.05) is 19.9 Å². The molecular formula is C14H14BrClN6O2. The van der Waals surface area contributed by atoms with E-state index in [4.69, 9.17) is 21.4 Å². The van der Waals surface area contributed by atoms with Gasteiger partial charge in [-0.25, -0.2) is 4.98 Å². The Morgan fingerprint density at radius 3 is 2.92 bits per heavy atom. The number of nitrogens with one attached hydrogen (secondary N) is 1. The van der Waals surface area contributed by atoms with Gasteiger partial charge < -0.3 is 4.52 Å². The smallest absolute Gasteiger partial charge is 0.292 e. The lowest BCUT2D eigenvalue weighted by molar-refractivity contribution is 0.0938. The fourth-order valence-corrected chi connectivity index (χ4v) is 2.35. The highest BCUT2D eigenvalue weighted by molar-refractivity contribution is 9.10. The molecule has 0 aromatic carbocycles. The Balaban J connectivity index is 2.28. The number of halogens is 2. The summed E-state index contributed by atoms with van der Waals surface area (Å²) in [7, 11) is 0. The molecule has 0 bridgehead atoms. The van der Waals surface area contributed by atoms with Crippen LogP contribution in [0.15, 0.2) is 21.3 Å². The minimum atomic E-state index is -0.472. The minimum Gasteiger partial charge on any atom is -0.359 e. The van der Waals surface area contributed by atoms with Crippen LogP contribution in [0.5, 0.6) is 0 Å². The van der Waals surface area contributed by atoms with Crippen LogP contribution in [-0.2, 0) is 5.88 Å². The van der Waals surface area contributed by atoms with Gasteiger partial charge in [0.15, 0.2) is 17.3 Å². The van der Waals surface area contributed by atoms with Crippen molar-refractivity contribution >= 4 is 39.3 Å². The Morgan fingerprint density at radius 2 is 2.33 bits per heavy atom. The molecule has 24 heavy (non-hydrogen) atoms. The third kappa shape index (κ3) is 4.43. The van der Waals surface area contributed by atoms with Gasteiger partial charge in [0, 0.05) is 18.8 Å². The van der Waals surface area contributed by atoms with Crippen LogP contribution in [0.4, 0.5) is 5.82 Å². The molecule has 2 heterocycles. The van der Waals surface area contributed by atoms with Crippen LogP contribution in [0.1, 0.15) is 35.9 Å². The van der Waals surface area contributed by atoms with Crippen LogP contribution in [0, 0.1) is 17.2 Å². The number of amides is 1. The van der Waals surface area contributed by atoms with Crippen LogP contribution >= 0.6 is 27.5 Å². The molecule has 0 spiro atoms. The number of anilines is 1. The van der Waals surface area contributed by atoms with Crippen molar-refractivity contribution in [2.75, 3.05) is 11.6 Å². The molecule has 0 radical (unpaired) electrons. The first-order chi connectivity index (χ1) is 11.4. The molecule has 0 aliphatic rings. The number of hydrogen-bond donors (Lipinski definition) is 1. The molecule has 2 aromatic rings. The molecule has 0 unspecified atom stereocenters. The molecule has 0 atom stereocenters. The van der Waals surface area contributed by atoms with E-state index in [-0.39, 0.29) is 23.3 Å². The highest BCUT2D eigenvalue weighted by atomic mass is 79.9. The van der Waals surface area contributed by atoms with Gasteiger partial charge in [-0.05, 0) is 21.8 Å². The molecule has 0 aliphatic heterocycles. The van der Waals surface area contributed by atoms with Gasteiger partial charge in [-0.15, -0.1) is 11.6 Å². The Bertz CT molecular complexity index is 773. The Hall–Kier alpha value is -2.18. The summed E-state index contributed by atoms with van der Waals surface area (Å²) in [5.41, 5.74) is 2.81. The van der Waals surface area contributed by atoms with Crippen molar-refractivity contribution in [2.45, 2.75) is 19.7 Å². The lowest BCUT2D eigenvalue weighted by Gasteiger charge is -2.26. The molecular weight excluding hydrogens is 400 g/mol. The average Bonchev–Trinajstić information content (AvgIpc) is 3.03. The van der Waals surface area contributed by atoms with E-state index in [1.54, 1.807) is 0 Å².